The van der Waals surface area contributed by atoms with Gasteiger partial charge in [-0.1, -0.05) is 13.8 Å². The SMILES string of the molecule is CCC(CC)(CO)CNS(=O)(=O)c1ccc(N)c(OC)c1. The van der Waals surface area contributed by atoms with E-state index in [0.717, 1.165) is 0 Å². The molecule has 0 saturated heterocycles. The molecule has 4 N–H and O–H groups in total. The Balaban J connectivity index is 2.97. The number of rotatable bonds is 8. The number of methoxy groups -OCH3 is 1. The second kappa shape index (κ2) is 7.11. The lowest BCUT2D eigenvalue weighted by Gasteiger charge is -2.29. The fraction of sp³-hybridized carbons (Fsp3) is 0.571. The number of aliphatic hydroxyl groups is 1. The van der Waals surface area contributed by atoms with Crippen LogP contribution in [0.1, 0.15) is 26.7 Å². The summed E-state index contributed by atoms with van der Waals surface area (Å²) >= 11 is 0. The molecule has 6 nitrogen and oxygen atoms in total. The van der Waals surface area contributed by atoms with Gasteiger partial charge in [-0.25, -0.2) is 13.1 Å². The first-order valence-corrected chi connectivity index (χ1v) is 8.36. The molecule has 0 aliphatic rings. The first kappa shape index (κ1) is 17.7. The number of hydrogen-bond donors (Lipinski definition) is 3. The summed E-state index contributed by atoms with van der Waals surface area (Å²) in [4.78, 5) is 0.0904. The van der Waals surface area contributed by atoms with E-state index in [1.165, 1.54) is 25.3 Å². The van der Waals surface area contributed by atoms with Crippen molar-refractivity contribution in [3.8, 4) is 5.75 Å². The van der Waals surface area contributed by atoms with Gasteiger partial charge in [0.2, 0.25) is 10.0 Å². The summed E-state index contributed by atoms with van der Waals surface area (Å²) in [5, 5.41) is 9.49. The highest BCUT2D eigenvalue weighted by atomic mass is 32.2. The van der Waals surface area contributed by atoms with Gasteiger partial charge >= 0.3 is 0 Å². The van der Waals surface area contributed by atoms with Gasteiger partial charge in [0.25, 0.3) is 0 Å². The first-order valence-electron chi connectivity index (χ1n) is 6.88. The van der Waals surface area contributed by atoms with Gasteiger partial charge < -0.3 is 15.6 Å². The highest BCUT2D eigenvalue weighted by Crippen LogP contribution is 2.27. The molecule has 1 rings (SSSR count). The molecule has 1 aromatic carbocycles. The molecular formula is C14H24N2O4S. The van der Waals surface area contributed by atoms with Crippen molar-refractivity contribution in [3.63, 3.8) is 0 Å². The minimum absolute atomic E-state index is 0.0619. The largest absolute Gasteiger partial charge is 0.495 e. The molecule has 0 unspecified atom stereocenters. The Morgan fingerprint density at radius 3 is 2.43 bits per heavy atom. The van der Waals surface area contributed by atoms with Crippen molar-refractivity contribution in [2.45, 2.75) is 31.6 Å². The van der Waals surface area contributed by atoms with Crippen LogP contribution in [0.25, 0.3) is 0 Å². The van der Waals surface area contributed by atoms with Crippen molar-refractivity contribution in [1.29, 1.82) is 0 Å². The maximum absolute atomic E-state index is 12.3. The van der Waals surface area contributed by atoms with Crippen LogP contribution in [0.4, 0.5) is 5.69 Å². The molecule has 0 atom stereocenters. The fourth-order valence-electron chi connectivity index (χ4n) is 1.97. The van der Waals surface area contributed by atoms with Gasteiger partial charge in [0.15, 0.2) is 0 Å². The van der Waals surface area contributed by atoms with Crippen LogP contribution >= 0.6 is 0 Å². The van der Waals surface area contributed by atoms with Crippen LogP contribution in [0.15, 0.2) is 23.1 Å². The third-order valence-corrected chi connectivity index (χ3v) is 5.39. The number of hydrogen-bond acceptors (Lipinski definition) is 5. The molecule has 7 heteroatoms. The Labute approximate surface area is 126 Å². The zero-order chi connectivity index (χ0) is 16.1. The maximum Gasteiger partial charge on any atom is 0.240 e. The Morgan fingerprint density at radius 2 is 1.95 bits per heavy atom. The molecule has 1 aromatic rings. The Kier molecular flexibility index (Phi) is 6.00. The fourth-order valence-corrected chi connectivity index (χ4v) is 3.14. The summed E-state index contributed by atoms with van der Waals surface area (Å²) < 4.78 is 32.2. The molecule has 0 radical (unpaired) electrons. The minimum atomic E-state index is -3.67. The van der Waals surface area contributed by atoms with E-state index in [0.29, 0.717) is 24.3 Å². The first-order chi connectivity index (χ1) is 9.84. The second-order valence-electron chi connectivity index (χ2n) is 5.09. The summed E-state index contributed by atoms with van der Waals surface area (Å²) in [7, 11) is -2.24. The molecule has 0 bridgehead atoms. The number of sulfonamides is 1. The quantitative estimate of drug-likeness (QED) is 0.628. The smallest absolute Gasteiger partial charge is 0.240 e. The second-order valence-corrected chi connectivity index (χ2v) is 6.86. The van der Waals surface area contributed by atoms with E-state index >= 15 is 0 Å². The van der Waals surface area contributed by atoms with E-state index in [9.17, 15) is 13.5 Å². The molecule has 120 valence electrons. The van der Waals surface area contributed by atoms with Crippen molar-refractivity contribution >= 4 is 15.7 Å². The zero-order valence-corrected chi connectivity index (χ0v) is 13.5. The lowest BCUT2D eigenvalue weighted by atomic mass is 9.84. The normalized spacial score (nSPS) is 12.4. The summed E-state index contributed by atoms with van der Waals surface area (Å²) in [5.41, 5.74) is 5.62. The van der Waals surface area contributed by atoms with E-state index in [1.54, 1.807) is 0 Å². The predicted molar refractivity (Wildman–Crippen MR) is 82.7 cm³/mol. The monoisotopic (exact) mass is 316 g/mol. The Hall–Kier alpha value is -1.31. The highest BCUT2D eigenvalue weighted by Gasteiger charge is 2.28. The van der Waals surface area contributed by atoms with Crippen LogP contribution in [0.3, 0.4) is 0 Å². The number of nitrogens with two attached hydrogens (primary N) is 1. The van der Waals surface area contributed by atoms with Crippen molar-refractivity contribution in [2.24, 2.45) is 5.41 Å². The van der Waals surface area contributed by atoms with Gasteiger partial charge in [-0.15, -0.1) is 0 Å². The van der Waals surface area contributed by atoms with Crippen LogP contribution in [-0.2, 0) is 10.0 Å². The topological polar surface area (TPSA) is 102 Å². The van der Waals surface area contributed by atoms with E-state index in [1.807, 2.05) is 13.8 Å². The molecule has 0 fully saturated rings. The van der Waals surface area contributed by atoms with E-state index in [2.05, 4.69) is 4.72 Å². The Morgan fingerprint density at radius 1 is 1.33 bits per heavy atom. The summed E-state index contributed by atoms with van der Waals surface area (Å²) in [6.45, 7) is 3.99. The number of ether oxygens (including phenoxy) is 1. The number of aliphatic hydroxyl groups excluding tert-OH is 1. The number of nitrogens with one attached hydrogen (secondary N) is 1. The number of anilines is 1. The lowest BCUT2D eigenvalue weighted by Crippen LogP contribution is -2.39. The number of benzene rings is 1. The number of nitrogen functional groups attached to an aromatic ring is 1. The molecule has 0 aromatic heterocycles. The van der Waals surface area contributed by atoms with Crippen LogP contribution in [0.2, 0.25) is 0 Å². The van der Waals surface area contributed by atoms with Gasteiger partial charge in [-0.3, -0.25) is 0 Å². The standard InChI is InChI=1S/C14H24N2O4S/c1-4-14(5-2,10-17)9-16-21(18,19)11-6-7-12(15)13(8-11)20-3/h6-8,16-17H,4-5,9-10,15H2,1-3H3. The molecular weight excluding hydrogens is 292 g/mol. The van der Waals surface area contributed by atoms with Crippen LogP contribution < -0.4 is 15.2 Å². The third kappa shape index (κ3) is 4.09. The van der Waals surface area contributed by atoms with Crippen LogP contribution in [0.5, 0.6) is 5.75 Å². The van der Waals surface area contributed by atoms with Gasteiger partial charge in [0.1, 0.15) is 5.75 Å². The molecule has 0 amide bonds. The zero-order valence-electron chi connectivity index (χ0n) is 12.7. The van der Waals surface area contributed by atoms with Crippen molar-refractivity contribution in [1.82, 2.24) is 4.72 Å². The van der Waals surface area contributed by atoms with Crippen LogP contribution in [0, 0.1) is 5.41 Å². The summed E-state index contributed by atoms with van der Waals surface area (Å²) in [6.07, 6.45) is 1.38. The van der Waals surface area contributed by atoms with E-state index < -0.39 is 15.4 Å². The summed E-state index contributed by atoms with van der Waals surface area (Å²) in [6, 6.07) is 4.31. The molecule has 0 saturated carbocycles. The molecule has 21 heavy (non-hydrogen) atoms. The molecule has 0 heterocycles. The maximum atomic E-state index is 12.3. The van der Waals surface area contributed by atoms with E-state index in [-0.39, 0.29) is 18.0 Å². The van der Waals surface area contributed by atoms with Gasteiger partial charge in [0.05, 0.1) is 17.7 Å². The molecule has 0 aliphatic carbocycles. The molecule has 0 spiro atoms. The minimum Gasteiger partial charge on any atom is -0.495 e. The van der Waals surface area contributed by atoms with Gasteiger partial charge in [0, 0.05) is 24.6 Å². The van der Waals surface area contributed by atoms with Crippen molar-refractivity contribution < 1.29 is 18.3 Å². The van der Waals surface area contributed by atoms with Gasteiger partial charge in [-0.05, 0) is 25.0 Å². The predicted octanol–water partition coefficient (Wildman–Crippen LogP) is 1.35. The van der Waals surface area contributed by atoms with Crippen molar-refractivity contribution in [3.05, 3.63) is 18.2 Å². The average molecular weight is 316 g/mol. The summed E-state index contributed by atoms with van der Waals surface area (Å²) in [5.74, 6) is 0.317. The third-order valence-electron chi connectivity index (χ3n) is 3.99. The highest BCUT2D eigenvalue weighted by molar-refractivity contribution is 7.89. The average Bonchev–Trinajstić information content (AvgIpc) is 2.49. The van der Waals surface area contributed by atoms with Gasteiger partial charge in [-0.2, -0.15) is 0 Å². The lowest BCUT2D eigenvalue weighted by molar-refractivity contribution is 0.119. The molecule has 0 aliphatic heterocycles. The van der Waals surface area contributed by atoms with E-state index in [4.69, 9.17) is 10.5 Å². The van der Waals surface area contributed by atoms with Crippen molar-refractivity contribution in [2.75, 3.05) is 26.0 Å². The Bertz CT molecular complexity index is 560. The van der Waals surface area contributed by atoms with Crippen LogP contribution in [-0.4, -0.2) is 33.8 Å².